The van der Waals surface area contributed by atoms with Crippen LogP contribution in [0.2, 0.25) is 0 Å². The third-order valence-electron chi connectivity index (χ3n) is 15.0. The van der Waals surface area contributed by atoms with Crippen molar-refractivity contribution in [3.63, 3.8) is 0 Å². The van der Waals surface area contributed by atoms with Gasteiger partial charge in [-0.1, -0.05) is 25.6 Å². The molecule has 0 saturated heterocycles. The van der Waals surface area contributed by atoms with Gasteiger partial charge in [-0.25, -0.2) is 0 Å². The minimum Gasteiger partial charge on any atom is -0.454 e. The van der Waals surface area contributed by atoms with Gasteiger partial charge in [0.2, 0.25) is 20.4 Å². The van der Waals surface area contributed by atoms with Crippen molar-refractivity contribution < 1.29 is 43.7 Å². The van der Waals surface area contributed by atoms with Crippen LogP contribution >= 0.6 is 0 Å². The van der Waals surface area contributed by atoms with Crippen molar-refractivity contribution in [2.24, 2.45) is 5.73 Å². The molecule has 4 aliphatic heterocycles. The smallest absolute Gasteiger partial charge is 0.231 e. The highest BCUT2D eigenvalue weighted by Gasteiger charge is 2.46. The standard InChI is InChI=1S/C17H23NO3.C17H25NO3.C15H21NO3.CH4/c1-16(19)5-7-17(8-6-16)10-18(2)9-12-13(17)3-4-14-15(12)21-11-20-14;1-16(19)6-8-17(9-7-16,11-18(2)3)13-4-5-14-15(10-13)21-12-20-14;1-14(17)4-6-15(9-16,7-5-14)11-2-3-12-13(8-11)19-10-18-12;/h3-4,19H,5-11H2,1-2H3;4-5,10,19H,6-9,11-12H2,1-3H3;2-3,8,17H,4-7,9-10,16H2,1H3;1H4. The molecular formula is C50H73N3O9. The Morgan fingerprint density at radius 1 is 0.581 bits per heavy atom. The molecule has 3 aromatic rings. The lowest BCUT2D eigenvalue weighted by Crippen LogP contribution is -2.49. The number of benzene rings is 3. The summed E-state index contributed by atoms with van der Waals surface area (Å²) in [6.07, 6.45) is 10.9. The van der Waals surface area contributed by atoms with E-state index in [1.807, 2.05) is 32.9 Å². The van der Waals surface area contributed by atoms with Crippen molar-refractivity contribution in [2.45, 2.75) is 145 Å². The van der Waals surface area contributed by atoms with E-state index in [0.717, 1.165) is 131 Å². The molecule has 7 aliphatic rings. The summed E-state index contributed by atoms with van der Waals surface area (Å²) < 4.78 is 33.0. The van der Waals surface area contributed by atoms with Gasteiger partial charge in [0.15, 0.2) is 34.5 Å². The number of nitrogens with two attached hydrogens (primary N) is 1. The molecule has 1 spiro atoms. The summed E-state index contributed by atoms with van der Waals surface area (Å²) in [7, 11) is 6.40. The van der Waals surface area contributed by atoms with Gasteiger partial charge in [-0.3, -0.25) is 0 Å². The third kappa shape index (κ3) is 9.52. The van der Waals surface area contributed by atoms with Crippen molar-refractivity contribution in [3.8, 4) is 34.5 Å². The summed E-state index contributed by atoms with van der Waals surface area (Å²) in [6.45, 7) is 10.3. The summed E-state index contributed by atoms with van der Waals surface area (Å²) >= 11 is 0. The van der Waals surface area contributed by atoms with Gasteiger partial charge < -0.3 is 59.3 Å². The zero-order valence-corrected chi connectivity index (χ0v) is 37.3. The first kappa shape index (κ1) is 46.2. The number of hydrogen-bond donors (Lipinski definition) is 4. The second kappa shape index (κ2) is 17.7. The molecule has 0 radical (unpaired) electrons. The van der Waals surface area contributed by atoms with Gasteiger partial charge in [0.05, 0.1) is 16.8 Å². The molecule has 0 bridgehead atoms. The van der Waals surface area contributed by atoms with E-state index in [4.69, 9.17) is 34.2 Å². The topological polar surface area (TPSA) is 149 Å². The normalized spacial score (nSPS) is 32.8. The molecule has 0 amide bonds. The Balaban J connectivity index is 0.000000139. The van der Waals surface area contributed by atoms with Crippen molar-refractivity contribution in [1.29, 1.82) is 0 Å². The summed E-state index contributed by atoms with van der Waals surface area (Å²) in [6, 6.07) is 16.7. The van der Waals surface area contributed by atoms with Gasteiger partial charge in [0.25, 0.3) is 0 Å². The molecule has 5 N–H and O–H groups in total. The number of hydrogen-bond acceptors (Lipinski definition) is 12. The van der Waals surface area contributed by atoms with Crippen molar-refractivity contribution >= 4 is 0 Å². The number of nitrogens with zero attached hydrogens (tertiary/aromatic N) is 2. The maximum Gasteiger partial charge on any atom is 0.231 e. The zero-order chi connectivity index (χ0) is 43.3. The van der Waals surface area contributed by atoms with Crippen LogP contribution in [-0.4, -0.2) is 103 Å². The van der Waals surface area contributed by atoms with E-state index in [-0.39, 0.29) is 23.7 Å². The van der Waals surface area contributed by atoms with Gasteiger partial charge in [-0.2, -0.15) is 0 Å². The van der Waals surface area contributed by atoms with Gasteiger partial charge in [0.1, 0.15) is 0 Å². The average Bonchev–Trinajstić information content (AvgIpc) is 4.02. The summed E-state index contributed by atoms with van der Waals surface area (Å²) in [5.41, 5.74) is 9.90. The molecule has 342 valence electrons. The Hall–Kier alpha value is -3.78. The first-order chi connectivity index (χ1) is 28.9. The first-order valence-electron chi connectivity index (χ1n) is 22.4. The second-order valence-electron chi connectivity index (χ2n) is 20.4. The molecule has 0 unspecified atom stereocenters. The lowest BCUT2D eigenvalue weighted by molar-refractivity contribution is -0.00889. The summed E-state index contributed by atoms with van der Waals surface area (Å²) in [5.74, 6) is 5.11. The average molecular weight is 860 g/mol. The van der Waals surface area contributed by atoms with Crippen LogP contribution in [0.1, 0.15) is 128 Å². The van der Waals surface area contributed by atoms with Crippen molar-refractivity contribution in [2.75, 3.05) is 61.2 Å². The fourth-order valence-electron chi connectivity index (χ4n) is 11.0. The van der Waals surface area contributed by atoms with E-state index in [9.17, 15) is 15.3 Å². The molecule has 0 atom stereocenters. The highest BCUT2D eigenvalue weighted by Crippen LogP contribution is 2.52. The van der Waals surface area contributed by atoms with Gasteiger partial charge in [-0.15, -0.1) is 0 Å². The maximum atomic E-state index is 10.3. The van der Waals surface area contributed by atoms with Crippen LogP contribution in [0.3, 0.4) is 0 Å². The summed E-state index contributed by atoms with van der Waals surface area (Å²) in [4.78, 5) is 4.62. The first-order valence-corrected chi connectivity index (χ1v) is 22.4. The lowest BCUT2D eigenvalue weighted by atomic mass is 9.63. The molecule has 3 fully saturated rings. The highest BCUT2D eigenvalue weighted by molar-refractivity contribution is 5.55. The van der Waals surface area contributed by atoms with E-state index < -0.39 is 16.8 Å². The van der Waals surface area contributed by atoms with Gasteiger partial charge >= 0.3 is 0 Å². The third-order valence-corrected chi connectivity index (χ3v) is 15.0. The molecule has 12 heteroatoms. The number of fused-ring (bicyclic) bond motifs is 6. The Morgan fingerprint density at radius 2 is 1.02 bits per heavy atom. The maximum absolute atomic E-state index is 10.3. The molecule has 62 heavy (non-hydrogen) atoms. The molecule has 0 aromatic heterocycles. The van der Waals surface area contributed by atoms with E-state index in [1.165, 1.54) is 22.3 Å². The molecule has 3 saturated carbocycles. The minimum atomic E-state index is -0.547. The Kier molecular flexibility index (Phi) is 13.2. The zero-order valence-electron chi connectivity index (χ0n) is 37.3. The number of rotatable bonds is 5. The molecular weight excluding hydrogens is 787 g/mol. The van der Waals surface area contributed by atoms with Crippen molar-refractivity contribution in [1.82, 2.24) is 9.80 Å². The van der Waals surface area contributed by atoms with Crippen LogP contribution in [0.4, 0.5) is 0 Å². The quantitative estimate of drug-likeness (QED) is 0.201. The van der Waals surface area contributed by atoms with Crippen LogP contribution in [0.25, 0.3) is 0 Å². The van der Waals surface area contributed by atoms with Crippen LogP contribution in [0.15, 0.2) is 48.5 Å². The van der Waals surface area contributed by atoms with Crippen LogP contribution in [0, 0.1) is 0 Å². The minimum absolute atomic E-state index is 0. The van der Waals surface area contributed by atoms with E-state index >= 15 is 0 Å². The Morgan fingerprint density at radius 3 is 1.53 bits per heavy atom. The molecule has 4 heterocycles. The number of aliphatic hydroxyl groups is 3. The second-order valence-corrected chi connectivity index (χ2v) is 20.4. The number of ether oxygens (including phenoxy) is 6. The van der Waals surface area contributed by atoms with Gasteiger partial charge in [-0.05, 0) is 166 Å². The van der Waals surface area contributed by atoms with Crippen LogP contribution in [0.5, 0.6) is 34.5 Å². The molecule has 3 aliphatic carbocycles. The molecule has 12 nitrogen and oxygen atoms in total. The fourth-order valence-corrected chi connectivity index (χ4v) is 11.0. The SMILES string of the molecule is C.CC1(O)CCC(CN)(c2ccc3c(c2)OCO3)CC1.CN(C)CC1(c2ccc3c(c2)OCO3)CCC(C)(O)CC1.CN1Cc2c(ccc3c2OCO3)C2(CCC(C)(O)CC2)C1. The largest absolute Gasteiger partial charge is 0.454 e. The monoisotopic (exact) mass is 860 g/mol. The highest BCUT2D eigenvalue weighted by atomic mass is 16.7. The predicted octanol–water partition coefficient (Wildman–Crippen LogP) is 7.54. The Labute approximate surface area is 369 Å². The van der Waals surface area contributed by atoms with Crippen molar-refractivity contribution in [3.05, 3.63) is 70.8 Å². The molecule has 10 rings (SSSR count). The molecule has 3 aromatic carbocycles. The van der Waals surface area contributed by atoms with E-state index in [1.54, 1.807) is 0 Å². The van der Waals surface area contributed by atoms with Crippen LogP contribution < -0.4 is 34.2 Å². The predicted molar refractivity (Wildman–Crippen MR) is 241 cm³/mol. The fraction of sp³-hybridized carbons (Fsp3) is 0.640. The van der Waals surface area contributed by atoms with E-state index in [2.05, 4.69) is 67.3 Å². The van der Waals surface area contributed by atoms with E-state index in [0.29, 0.717) is 26.9 Å². The summed E-state index contributed by atoms with van der Waals surface area (Å²) in [5, 5.41) is 30.7. The lowest BCUT2D eigenvalue weighted by Gasteiger charge is -2.48. The Bertz CT molecular complexity index is 2020. The number of likely N-dealkylation sites (N-methyl/N-ethyl adjacent to an activating group) is 2. The van der Waals surface area contributed by atoms with Crippen LogP contribution in [-0.2, 0) is 22.8 Å². The van der Waals surface area contributed by atoms with Gasteiger partial charge in [0, 0.05) is 48.0 Å².